The Bertz CT molecular complexity index is 1090. The number of fused-ring (bicyclic) bond motifs is 1. The first-order valence-corrected chi connectivity index (χ1v) is 9.64. The lowest BCUT2D eigenvalue weighted by molar-refractivity contribution is 0.413. The van der Waals surface area contributed by atoms with Gasteiger partial charge in [0.1, 0.15) is 5.75 Å². The van der Waals surface area contributed by atoms with E-state index in [-0.39, 0.29) is 23.7 Å². The summed E-state index contributed by atoms with van der Waals surface area (Å²) in [6, 6.07) is 10.7. The molecule has 0 unspecified atom stereocenters. The molecule has 0 saturated carbocycles. The standard InChI is InChI=1S/C18H21N3O4S/c1-12-10-14(25-3)11-13(2)17(12)26(23,24)19-8-9-21-16-7-5-4-6-15(16)20-18(21)22/h4-7,10-11,19H,8-9H2,1-3H3,(H,20,22). The van der Waals surface area contributed by atoms with Gasteiger partial charge in [-0.05, 0) is 49.2 Å². The first-order valence-electron chi connectivity index (χ1n) is 8.16. The Hall–Kier alpha value is -2.58. The van der Waals surface area contributed by atoms with Gasteiger partial charge in [-0.2, -0.15) is 0 Å². The van der Waals surface area contributed by atoms with E-state index in [2.05, 4.69) is 9.71 Å². The summed E-state index contributed by atoms with van der Waals surface area (Å²) in [5, 5.41) is 0. The normalized spacial score (nSPS) is 11.8. The third kappa shape index (κ3) is 3.38. The second-order valence-electron chi connectivity index (χ2n) is 6.09. The van der Waals surface area contributed by atoms with Gasteiger partial charge in [-0.25, -0.2) is 17.9 Å². The molecule has 8 heteroatoms. The molecule has 3 rings (SSSR count). The first kappa shape index (κ1) is 18.2. The highest BCUT2D eigenvalue weighted by molar-refractivity contribution is 7.89. The molecule has 3 aromatic rings. The van der Waals surface area contributed by atoms with E-state index in [1.165, 1.54) is 4.57 Å². The summed E-state index contributed by atoms with van der Waals surface area (Å²) < 4.78 is 34.7. The predicted molar refractivity (Wildman–Crippen MR) is 100 cm³/mol. The molecule has 2 aromatic carbocycles. The summed E-state index contributed by atoms with van der Waals surface area (Å²) in [5.74, 6) is 0.615. The summed E-state index contributed by atoms with van der Waals surface area (Å²) in [6.45, 7) is 3.80. The average molecular weight is 375 g/mol. The minimum absolute atomic E-state index is 0.106. The molecule has 1 aromatic heterocycles. The van der Waals surface area contributed by atoms with Crippen molar-refractivity contribution in [2.24, 2.45) is 0 Å². The molecule has 7 nitrogen and oxygen atoms in total. The van der Waals surface area contributed by atoms with Crippen LogP contribution in [0, 0.1) is 13.8 Å². The lowest BCUT2D eigenvalue weighted by atomic mass is 10.1. The van der Waals surface area contributed by atoms with Crippen molar-refractivity contribution in [3.63, 3.8) is 0 Å². The van der Waals surface area contributed by atoms with Crippen molar-refractivity contribution in [3.8, 4) is 5.75 Å². The molecule has 1 heterocycles. The number of H-pyrrole nitrogens is 1. The molecule has 0 atom stereocenters. The third-order valence-corrected chi connectivity index (χ3v) is 6.01. The molecule has 0 radical (unpaired) electrons. The van der Waals surface area contributed by atoms with Crippen LogP contribution in [0.5, 0.6) is 5.75 Å². The van der Waals surface area contributed by atoms with E-state index in [0.717, 1.165) is 11.0 Å². The Balaban J connectivity index is 1.81. The Morgan fingerprint density at radius 3 is 2.46 bits per heavy atom. The molecule has 0 bridgehead atoms. The number of hydrogen-bond acceptors (Lipinski definition) is 4. The van der Waals surface area contributed by atoms with Crippen molar-refractivity contribution < 1.29 is 13.2 Å². The summed E-state index contributed by atoms with van der Waals surface area (Å²) in [7, 11) is -2.16. The largest absolute Gasteiger partial charge is 0.497 e. The van der Waals surface area contributed by atoms with Crippen molar-refractivity contribution in [2.75, 3.05) is 13.7 Å². The predicted octanol–water partition coefficient (Wildman–Crippen LogP) is 1.93. The van der Waals surface area contributed by atoms with E-state index in [1.54, 1.807) is 33.1 Å². The second kappa shape index (κ2) is 6.97. The molecule has 138 valence electrons. The highest BCUT2D eigenvalue weighted by Gasteiger charge is 2.20. The van der Waals surface area contributed by atoms with Crippen LogP contribution in [0.25, 0.3) is 11.0 Å². The van der Waals surface area contributed by atoms with Crippen molar-refractivity contribution in [1.29, 1.82) is 0 Å². The van der Waals surface area contributed by atoms with Gasteiger partial charge in [0.05, 0.1) is 23.0 Å². The fourth-order valence-electron chi connectivity index (χ4n) is 3.15. The fraction of sp³-hybridized carbons (Fsp3) is 0.278. The minimum atomic E-state index is -3.70. The average Bonchev–Trinajstić information content (AvgIpc) is 2.89. The van der Waals surface area contributed by atoms with Gasteiger partial charge in [0.25, 0.3) is 0 Å². The molecular formula is C18H21N3O4S. The zero-order valence-electron chi connectivity index (χ0n) is 14.9. The van der Waals surface area contributed by atoms with Crippen LogP contribution in [0.3, 0.4) is 0 Å². The monoisotopic (exact) mass is 375 g/mol. The molecule has 26 heavy (non-hydrogen) atoms. The summed E-state index contributed by atoms with van der Waals surface area (Å²) in [4.78, 5) is 15.1. The zero-order valence-corrected chi connectivity index (χ0v) is 15.7. The maximum atomic E-state index is 12.7. The van der Waals surface area contributed by atoms with Crippen LogP contribution < -0.4 is 15.1 Å². The van der Waals surface area contributed by atoms with Gasteiger partial charge < -0.3 is 9.72 Å². The van der Waals surface area contributed by atoms with Crippen molar-refractivity contribution in [2.45, 2.75) is 25.3 Å². The number of aryl methyl sites for hydroxylation is 2. The smallest absolute Gasteiger partial charge is 0.326 e. The first-order chi connectivity index (χ1) is 12.3. The van der Waals surface area contributed by atoms with Gasteiger partial charge in [0.15, 0.2) is 0 Å². The number of para-hydroxylation sites is 2. The summed E-state index contributed by atoms with van der Waals surface area (Å²) in [5.41, 5.74) is 2.43. The summed E-state index contributed by atoms with van der Waals surface area (Å²) >= 11 is 0. The number of aromatic nitrogens is 2. The lowest BCUT2D eigenvalue weighted by Crippen LogP contribution is -2.31. The lowest BCUT2D eigenvalue weighted by Gasteiger charge is -2.14. The second-order valence-corrected chi connectivity index (χ2v) is 7.79. The minimum Gasteiger partial charge on any atom is -0.497 e. The third-order valence-electron chi connectivity index (χ3n) is 4.25. The number of sulfonamides is 1. The fourth-order valence-corrected chi connectivity index (χ4v) is 4.62. The van der Waals surface area contributed by atoms with Crippen LogP contribution in [0.1, 0.15) is 11.1 Å². The highest BCUT2D eigenvalue weighted by atomic mass is 32.2. The van der Waals surface area contributed by atoms with E-state index in [4.69, 9.17) is 4.74 Å². The summed E-state index contributed by atoms with van der Waals surface area (Å²) in [6.07, 6.45) is 0. The van der Waals surface area contributed by atoms with Gasteiger partial charge in [0, 0.05) is 13.1 Å². The molecule has 0 fully saturated rings. The van der Waals surface area contributed by atoms with Gasteiger partial charge in [0.2, 0.25) is 10.0 Å². The molecule has 0 aliphatic heterocycles. The molecule has 0 aliphatic rings. The molecular weight excluding hydrogens is 354 g/mol. The van der Waals surface area contributed by atoms with E-state index < -0.39 is 10.0 Å². The van der Waals surface area contributed by atoms with E-state index in [1.807, 2.05) is 24.3 Å². The van der Waals surface area contributed by atoms with Gasteiger partial charge >= 0.3 is 5.69 Å². The molecule has 0 spiro atoms. The molecule has 0 aliphatic carbocycles. The number of aromatic amines is 1. The van der Waals surface area contributed by atoms with Crippen molar-refractivity contribution in [3.05, 3.63) is 58.0 Å². The molecule has 0 saturated heterocycles. The van der Waals surface area contributed by atoms with E-state index in [0.29, 0.717) is 16.9 Å². The van der Waals surface area contributed by atoms with E-state index >= 15 is 0 Å². The number of hydrogen-bond donors (Lipinski definition) is 2. The number of ether oxygens (including phenoxy) is 1. The Morgan fingerprint density at radius 1 is 1.15 bits per heavy atom. The van der Waals surface area contributed by atoms with E-state index in [9.17, 15) is 13.2 Å². The maximum Gasteiger partial charge on any atom is 0.326 e. The van der Waals surface area contributed by atoms with Crippen LogP contribution in [0.15, 0.2) is 46.1 Å². The quantitative estimate of drug-likeness (QED) is 0.688. The van der Waals surface area contributed by atoms with Crippen LogP contribution in [0.2, 0.25) is 0 Å². The van der Waals surface area contributed by atoms with Gasteiger partial charge in [-0.15, -0.1) is 0 Å². The number of rotatable bonds is 6. The number of methoxy groups -OCH3 is 1. The van der Waals surface area contributed by atoms with Crippen molar-refractivity contribution in [1.82, 2.24) is 14.3 Å². The molecule has 0 amide bonds. The number of nitrogens with zero attached hydrogens (tertiary/aromatic N) is 1. The Morgan fingerprint density at radius 2 is 1.81 bits per heavy atom. The molecule has 2 N–H and O–H groups in total. The Labute approximate surface area is 151 Å². The van der Waals surface area contributed by atoms with Gasteiger partial charge in [-0.1, -0.05) is 12.1 Å². The zero-order chi connectivity index (χ0) is 18.9. The Kier molecular flexibility index (Phi) is 4.88. The van der Waals surface area contributed by atoms with Crippen LogP contribution in [0.4, 0.5) is 0 Å². The van der Waals surface area contributed by atoms with Crippen LogP contribution in [-0.4, -0.2) is 31.6 Å². The number of benzene rings is 2. The van der Waals surface area contributed by atoms with Crippen LogP contribution >= 0.6 is 0 Å². The SMILES string of the molecule is COc1cc(C)c(S(=O)(=O)NCCn2c(=O)[nH]c3ccccc32)c(C)c1. The van der Waals surface area contributed by atoms with Crippen molar-refractivity contribution >= 4 is 21.1 Å². The highest BCUT2D eigenvalue weighted by Crippen LogP contribution is 2.25. The van der Waals surface area contributed by atoms with Crippen LogP contribution in [-0.2, 0) is 16.6 Å². The maximum absolute atomic E-state index is 12.7. The topological polar surface area (TPSA) is 93.2 Å². The number of nitrogens with one attached hydrogen (secondary N) is 2. The van der Waals surface area contributed by atoms with Gasteiger partial charge in [-0.3, -0.25) is 4.57 Å². The number of imidazole rings is 1.